The lowest BCUT2D eigenvalue weighted by Crippen LogP contribution is -2.05. The maximum atomic E-state index is 11.4. The van der Waals surface area contributed by atoms with Gasteiger partial charge >= 0.3 is 15.4 Å². The fourth-order valence-electron chi connectivity index (χ4n) is 1.97. The molecule has 0 heterocycles. The Morgan fingerprint density at radius 1 is 1.15 bits per heavy atom. The molecule has 0 aromatic carbocycles. The monoisotopic (exact) mass is 325 g/mol. The first-order valence-electron chi connectivity index (χ1n) is 7.02. The summed E-state index contributed by atoms with van der Waals surface area (Å²) in [5.41, 5.74) is 1.32. The van der Waals surface area contributed by atoms with E-state index >= 15 is 0 Å². The molecule has 0 amide bonds. The third kappa shape index (κ3) is 9.79. The Morgan fingerprint density at radius 2 is 1.70 bits per heavy atom. The van der Waals surface area contributed by atoms with Gasteiger partial charge in [-0.05, 0) is 33.1 Å². The molecule has 0 rings (SSSR count). The Bertz CT molecular complexity index is 358. The minimum absolute atomic E-state index is 0.216. The van der Waals surface area contributed by atoms with E-state index in [1.807, 2.05) is 0 Å². The Balaban J connectivity index is 3.83. The lowest BCUT2D eigenvalue weighted by molar-refractivity contribution is 0.349. The molecule has 0 fully saturated rings. The van der Waals surface area contributed by atoms with Crippen LogP contribution in [0.3, 0.4) is 0 Å². The van der Waals surface area contributed by atoms with E-state index in [0.717, 1.165) is 32.1 Å². The van der Waals surface area contributed by atoms with Crippen LogP contribution in [0.2, 0.25) is 0 Å². The quantitative estimate of drug-likeness (QED) is 0.303. The molecule has 0 aliphatic carbocycles. The van der Waals surface area contributed by atoms with Crippen LogP contribution in [0.4, 0.5) is 0 Å². The number of allylic oxidation sites excluding steroid dienone is 2. The summed E-state index contributed by atoms with van der Waals surface area (Å²) < 4.78 is 22.6. The molecule has 118 valence electrons. The number of hydrogen-bond acceptors (Lipinski definition) is 3. The second kappa shape index (κ2) is 10.6. The molecule has 20 heavy (non-hydrogen) atoms. The standard InChI is InChI=1S/C13H26O5P2/c1-12(2)9-7-5-3-4-6-8-10-13(19(15)11-14)20(16,17)18/h9,13-14H,3-8,10-11H2,1-2H3,(H-,16,17,18)/p+1. The van der Waals surface area contributed by atoms with Gasteiger partial charge in [-0.3, -0.25) is 4.57 Å². The third-order valence-electron chi connectivity index (χ3n) is 3.08. The molecule has 0 radical (unpaired) electrons. The number of aliphatic hydroxyl groups is 1. The van der Waals surface area contributed by atoms with Crippen LogP contribution in [0, 0.1) is 0 Å². The molecule has 7 heteroatoms. The molecular formula is C13H27O5P2+. The molecule has 0 aromatic rings. The lowest BCUT2D eigenvalue weighted by Gasteiger charge is -2.08. The van der Waals surface area contributed by atoms with Crippen molar-refractivity contribution in [1.29, 1.82) is 0 Å². The summed E-state index contributed by atoms with van der Waals surface area (Å²) in [7, 11) is -6.61. The van der Waals surface area contributed by atoms with E-state index in [9.17, 15) is 9.13 Å². The van der Waals surface area contributed by atoms with Crippen molar-refractivity contribution in [2.45, 2.75) is 64.2 Å². The first kappa shape index (κ1) is 19.9. The Kier molecular flexibility index (Phi) is 10.6. The summed E-state index contributed by atoms with van der Waals surface area (Å²) in [5.74, 6) is 0. The molecule has 0 saturated heterocycles. The van der Waals surface area contributed by atoms with Crippen molar-refractivity contribution in [2.75, 3.05) is 6.35 Å². The predicted octanol–water partition coefficient (Wildman–Crippen LogP) is 3.96. The number of hydrogen-bond donors (Lipinski definition) is 3. The third-order valence-corrected chi connectivity index (χ3v) is 6.99. The van der Waals surface area contributed by atoms with Crippen LogP contribution < -0.4 is 0 Å². The molecule has 5 nitrogen and oxygen atoms in total. The van der Waals surface area contributed by atoms with Crippen LogP contribution in [-0.4, -0.2) is 26.6 Å². The second-order valence-electron chi connectivity index (χ2n) is 5.25. The lowest BCUT2D eigenvalue weighted by atomic mass is 10.1. The summed E-state index contributed by atoms with van der Waals surface area (Å²) >= 11 is 0. The first-order valence-corrected chi connectivity index (χ1v) is 10.2. The van der Waals surface area contributed by atoms with Crippen LogP contribution >= 0.6 is 15.4 Å². The maximum Gasteiger partial charge on any atom is 0.382 e. The molecule has 0 aromatic heterocycles. The van der Waals surface area contributed by atoms with Crippen molar-refractivity contribution in [2.24, 2.45) is 0 Å². The van der Waals surface area contributed by atoms with Crippen molar-refractivity contribution < 1.29 is 24.0 Å². The predicted molar refractivity (Wildman–Crippen MR) is 82.3 cm³/mol. The Hall–Kier alpha value is -0.0500. The van der Waals surface area contributed by atoms with Crippen LogP contribution in [0.1, 0.15) is 58.8 Å². The average Bonchev–Trinajstić information content (AvgIpc) is 2.34. The molecule has 0 spiro atoms. The maximum absolute atomic E-state index is 11.4. The minimum Gasteiger partial charge on any atom is -0.353 e. The molecule has 0 saturated carbocycles. The first-order chi connectivity index (χ1) is 9.29. The summed E-state index contributed by atoms with van der Waals surface area (Å²) in [5, 5.41) is 7.59. The summed E-state index contributed by atoms with van der Waals surface area (Å²) in [6.07, 6.45) is 7.58. The van der Waals surface area contributed by atoms with E-state index in [1.54, 1.807) is 0 Å². The van der Waals surface area contributed by atoms with Crippen LogP contribution in [0.15, 0.2) is 11.6 Å². The van der Waals surface area contributed by atoms with Crippen molar-refractivity contribution in [3.8, 4) is 0 Å². The normalized spacial score (nSPS) is 13.9. The zero-order chi connectivity index (χ0) is 15.6. The largest absolute Gasteiger partial charge is 0.382 e. The van der Waals surface area contributed by atoms with Gasteiger partial charge in [-0.15, -0.1) is 0 Å². The zero-order valence-electron chi connectivity index (χ0n) is 12.4. The molecular weight excluding hydrogens is 298 g/mol. The van der Waals surface area contributed by atoms with Crippen LogP contribution in [0.25, 0.3) is 0 Å². The van der Waals surface area contributed by atoms with E-state index in [0.29, 0.717) is 6.42 Å². The molecule has 3 N–H and O–H groups in total. The van der Waals surface area contributed by atoms with E-state index in [-0.39, 0.29) is 6.42 Å². The van der Waals surface area contributed by atoms with E-state index in [2.05, 4.69) is 19.9 Å². The second-order valence-corrected chi connectivity index (χ2v) is 9.20. The number of unbranched alkanes of at least 4 members (excludes halogenated alkanes) is 5. The van der Waals surface area contributed by atoms with E-state index in [1.165, 1.54) is 5.57 Å². The van der Waals surface area contributed by atoms with Gasteiger partial charge in [0.15, 0.2) is 0 Å². The minimum atomic E-state index is -4.38. The average molecular weight is 325 g/mol. The number of aliphatic hydroxyl groups excluding tert-OH is 1. The van der Waals surface area contributed by atoms with Gasteiger partial charge in [0.25, 0.3) is 5.40 Å². The molecule has 2 unspecified atom stereocenters. The van der Waals surface area contributed by atoms with Crippen molar-refractivity contribution in [3.63, 3.8) is 0 Å². The molecule has 2 atom stereocenters. The van der Waals surface area contributed by atoms with Gasteiger partial charge in [0.05, 0.1) is 0 Å². The highest BCUT2D eigenvalue weighted by Gasteiger charge is 2.43. The van der Waals surface area contributed by atoms with Gasteiger partial charge in [-0.25, -0.2) is 0 Å². The van der Waals surface area contributed by atoms with Gasteiger partial charge in [0.2, 0.25) is 6.35 Å². The fourth-order valence-corrected chi connectivity index (χ4v) is 4.71. The topological polar surface area (TPSA) is 94.8 Å². The van der Waals surface area contributed by atoms with Gasteiger partial charge in [0.1, 0.15) is 0 Å². The van der Waals surface area contributed by atoms with Gasteiger partial charge in [-0.1, -0.05) is 35.5 Å². The molecule has 0 aliphatic heterocycles. The SMILES string of the molecule is CC(C)=CCCCCCCCC([P+](=O)CO)P(=O)(O)O. The summed E-state index contributed by atoms with van der Waals surface area (Å²) in [6.45, 7) is 4.15. The van der Waals surface area contributed by atoms with Crippen molar-refractivity contribution >= 4 is 15.4 Å². The highest BCUT2D eigenvalue weighted by Crippen LogP contribution is 2.55. The van der Waals surface area contributed by atoms with Gasteiger partial charge in [0, 0.05) is 6.42 Å². The van der Waals surface area contributed by atoms with Gasteiger partial charge in [-0.2, -0.15) is 0 Å². The highest BCUT2D eigenvalue weighted by atomic mass is 31.2. The van der Waals surface area contributed by atoms with Crippen molar-refractivity contribution in [3.05, 3.63) is 11.6 Å². The number of rotatable bonds is 11. The van der Waals surface area contributed by atoms with Crippen molar-refractivity contribution in [1.82, 2.24) is 0 Å². The van der Waals surface area contributed by atoms with E-state index < -0.39 is 27.1 Å². The Morgan fingerprint density at radius 3 is 2.20 bits per heavy atom. The van der Waals surface area contributed by atoms with Crippen LogP contribution in [-0.2, 0) is 9.13 Å². The molecule has 0 bridgehead atoms. The summed E-state index contributed by atoms with van der Waals surface area (Å²) in [6, 6.07) is 0. The Labute approximate surface area is 122 Å². The van der Waals surface area contributed by atoms with E-state index in [4.69, 9.17) is 14.9 Å². The smallest absolute Gasteiger partial charge is 0.353 e. The highest BCUT2D eigenvalue weighted by molar-refractivity contribution is 7.67. The zero-order valence-corrected chi connectivity index (χ0v) is 14.2. The fraction of sp³-hybridized carbons (Fsp3) is 0.846. The van der Waals surface area contributed by atoms with Crippen LogP contribution in [0.5, 0.6) is 0 Å². The summed E-state index contributed by atoms with van der Waals surface area (Å²) in [4.78, 5) is 18.2. The van der Waals surface area contributed by atoms with Gasteiger partial charge < -0.3 is 14.9 Å². The molecule has 0 aliphatic rings.